The van der Waals surface area contributed by atoms with Crippen LogP contribution in [0, 0.1) is 5.92 Å². The molecule has 2 heteroatoms. The number of hydrogen-bond donors (Lipinski definition) is 1. The minimum absolute atomic E-state index is 0.238. The van der Waals surface area contributed by atoms with Crippen molar-refractivity contribution in [1.82, 2.24) is 4.90 Å². The normalized spacial score (nSPS) is 26.2. The second kappa shape index (κ2) is 5.92. The molecule has 0 aromatic heterocycles. The van der Waals surface area contributed by atoms with Gasteiger partial charge in [-0.3, -0.25) is 4.90 Å². The van der Waals surface area contributed by atoms with Gasteiger partial charge in [0.2, 0.25) is 0 Å². The molecule has 1 unspecified atom stereocenters. The van der Waals surface area contributed by atoms with Crippen molar-refractivity contribution in [2.45, 2.75) is 90.8 Å². The fraction of sp³-hybridized carbons (Fsp3) is 1.00. The highest BCUT2D eigenvalue weighted by molar-refractivity contribution is 5.01. The molecule has 0 amide bonds. The number of rotatable bonds is 5. The van der Waals surface area contributed by atoms with Crippen molar-refractivity contribution in [2.24, 2.45) is 11.7 Å². The molecule has 1 saturated heterocycles. The Hall–Kier alpha value is -0.0800. The van der Waals surface area contributed by atoms with Crippen LogP contribution in [0.1, 0.15) is 73.6 Å². The van der Waals surface area contributed by atoms with Crippen LogP contribution in [0.4, 0.5) is 0 Å². The fourth-order valence-corrected chi connectivity index (χ4v) is 3.84. The van der Waals surface area contributed by atoms with Crippen molar-refractivity contribution in [3.63, 3.8) is 0 Å². The van der Waals surface area contributed by atoms with E-state index in [1.165, 1.54) is 25.8 Å². The lowest BCUT2D eigenvalue weighted by atomic mass is 9.76. The van der Waals surface area contributed by atoms with E-state index in [-0.39, 0.29) is 11.1 Å². The van der Waals surface area contributed by atoms with Gasteiger partial charge in [0.25, 0.3) is 0 Å². The average molecular weight is 254 g/mol. The first-order valence-electron chi connectivity index (χ1n) is 7.72. The van der Waals surface area contributed by atoms with Crippen LogP contribution < -0.4 is 5.73 Å². The monoisotopic (exact) mass is 254 g/mol. The minimum Gasteiger partial charge on any atom is -0.328 e. The molecule has 1 fully saturated rings. The van der Waals surface area contributed by atoms with Gasteiger partial charge in [0.1, 0.15) is 0 Å². The standard InChI is InChI=1S/C16H34N2/c1-7-8-9-13(2)12-18-15(3,4)10-14(17)11-16(18,5)6/h13-14H,7-12,17H2,1-6H3. The van der Waals surface area contributed by atoms with Gasteiger partial charge in [-0.05, 0) is 52.9 Å². The summed E-state index contributed by atoms with van der Waals surface area (Å²) in [6.07, 6.45) is 6.26. The van der Waals surface area contributed by atoms with Gasteiger partial charge in [0, 0.05) is 23.7 Å². The van der Waals surface area contributed by atoms with E-state index in [2.05, 4.69) is 46.4 Å². The molecule has 0 radical (unpaired) electrons. The summed E-state index contributed by atoms with van der Waals surface area (Å²) in [7, 11) is 0. The van der Waals surface area contributed by atoms with Gasteiger partial charge in [0.05, 0.1) is 0 Å². The molecule has 0 bridgehead atoms. The molecular weight excluding hydrogens is 220 g/mol. The van der Waals surface area contributed by atoms with E-state index in [0.717, 1.165) is 18.8 Å². The predicted octanol–water partition coefficient (Wildman–Crippen LogP) is 3.79. The summed E-state index contributed by atoms with van der Waals surface area (Å²) in [5, 5.41) is 0. The van der Waals surface area contributed by atoms with Crippen molar-refractivity contribution in [3.8, 4) is 0 Å². The van der Waals surface area contributed by atoms with Gasteiger partial charge in [-0.1, -0.05) is 26.7 Å². The van der Waals surface area contributed by atoms with Crippen LogP contribution in [0.3, 0.4) is 0 Å². The highest BCUT2D eigenvalue weighted by atomic mass is 15.3. The van der Waals surface area contributed by atoms with Crippen LogP contribution in [0.25, 0.3) is 0 Å². The molecule has 0 aromatic rings. The van der Waals surface area contributed by atoms with Crippen molar-refractivity contribution in [3.05, 3.63) is 0 Å². The fourth-order valence-electron chi connectivity index (χ4n) is 3.84. The van der Waals surface area contributed by atoms with Crippen LogP contribution in [0.5, 0.6) is 0 Å². The van der Waals surface area contributed by atoms with E-state index in [1.54, 1.807) is 0 Å². The SMILES string of the molecule is CCCCC(C)CN1C(C)(C)CC(N)CC1(C)C. The Morgan fingerprint density at radius 3 is 2.11 bits per heavy atom. The largest absolute Gasteiger partial charge is 0.328 e. The number of nitrogens with zero attached hydrogens (tertiary/aromatic N) is 1. The van der Waals surface area contributed by atoms with Crippen molar-refractivity contribution in [2.75, 3.05) is 6.54 Å². The molecule has 0 spiro atoms. The minimum atomic E-state index is 0.238. The Morgan fingerprint density at radius 1 is 1.17 bits per heavy atom. The van der Waals surface area contributed by atoms with Crippen LogP contribution in [0.2, 0.25) is 0 Å². The van der Waals surface area contributed by atoms with Crippen LogP contribution in [0.15, 0.2) is 0 Å². The lowest BCUT2D eigenvalue weighted by molar-refractivity contribution is -0.0445. The molecule has 0 aromatic carbocycles. The highest BCUT2D eigenvalue weighted by Gasteiger charge is 2.44. The maximum Gasteiger partial charge on any atom is 0.0173 e. The molecule has 1 rings (SSSR count). The molecule has 108 valence electrons. The van der Waals surface area contributed by atoms with Gasteiger partial charge in [-0.15, -0.1) is 0 Å². The zero-order chi connectivity index (χ0) is 14.0. The second-order valence-electron chi connectivity index (χ2n) is 7.65. The smallest absolute Gasteiger partial charge is 0.0173 e. The van der Waals surface area contributed by atoms with Crippen molar-refractivity contribution >= 4 is 0 Å². The highest BCUT2D eigenvalue weighted by Crippen LogP contribution is 2.38. The van der Waals surface area contributed by atoms with E-state index >= 15 is 0 Å². The number of unbranched alkanes of at least 4 members (excludes halogenated alkanes) is 1. The number of hydrogen-bond acceptors (Lipinski definition) is 2. The third kappa shape index (κ3) is 3.96. The number of nitrogens with two attached hydrogens (primary N) is 1. The Balaban J connectivity index is 2.70. The summed E-state index contributed by atoms with van der Waals surface area (Å²) in [6, 6.07) is 0.359. The van der Waals surface area contributed by atoms with Crippen LogP contribution >= 0.6 is 0 Å². The molecule has 2 nitrogen and oxygen atoms in total. The number of likely N-dealkylation sites (tertiary alicyclic amines) is 1. The predicted molar refractivity (Wildman–Crippen MR) is 80.8 cm³/mol. The zero-order valence-electron chi connectivity index (χ0n) is 13.4. The third-order valence-electron chi connectivity index (χ3n) is 4.53. The lowest BCUT2D eigenvalue weighted by Gasteiger charge is -2.55. The maximum atomic E-state index is 6.23. The summed E-state index contributed by atoms with van der Waals surface area (Å²) in [5.74, 6) is 0.790. The first-order chi connectivity index (χ1) is 8.19. The van der Waals surface area contributed by atoms with Gasteiger partial charge < -0.3 is 5.73 Å². The van der Waals surface area contributed by atoms with Crippen LogP contribution in [-0.4, -0.2) is 28.6 Å². The third-order valence-corrected chi connectivity index (χ3v) is 4.53. The summed E-state index contributed by atoms with van der Waals surface area (Å²) in [4.78, 5) is 2.71. The average Bonchev–Trinajstić information content (AvgIpc) is 2.18. The molecule has 18 heavy (non-hydrogen) atoms. The quantitative estimate of drug-likeness (QED) is 0.808. The lowest BCUT2D eigenvalue weighted by Crippen LogP contribution is -2.64. The van der Waals surface area contributed by atoms with Crippen molar-refractivity contribution < 1.29 is 0 Å². The van der Waals surface area contributed by atoms with Crippen molar-refractivity contribution in [1.29, 1.82) is 0 Å². The first kappa shape index (κ1) is 16.0. The summed E-state index contributed by atoms with van der Waals surface area (Å²) in [6.45, 7) is 15.3. The van der Waals surface area contributed by atoms with E-state index in [9.17, 15) is 0 Å². The molecule has 1 aliphatic rings. The van der Waals surface area contributed by atoms with E-state index < -0.39 is 0 Å². The second-order valence-corrected chi connectivity index (χ2v) is 7.65. The van der Waals surface area contributed by atoms with Gasteiger partial charge >= 0.3 is 0 Å². The van der Waals surface area contributed by atoms with E-state index in [1.807, 2.05) is 0 Å². The molecule has 0 saturated carbocycles. The van der Waals surface area contributed by atoms with Gasteiger partial charge in [0.15, 0.2) is 0 Å². The van der Waals surface area contributed by atoms with E-state index in [4.69, 9.17) is 5.73 Å². The van der Waals surface area contributed by atoms with Gasteiger partial charge in [-0.2, -0.15) is 0 Å². The Labute approximate surface area is 114 Å². The summed E-state index contributed by atoms with van der Waals surface area (Å²) >= 11 is 0. The Bertz CT molecular complexity index is 240. The van der Waals surface area contributed by atoms with E-state index in [0.29, 0.717) is 6.04 Å². The molecule has 1 heterocycles. The molecule has 1 aliphatic heterocycles. The molecule has 1 atom stereocenters. The van der Waals surface area contributed by atoms with Crippen LogP contribution in [-0.2, 0) is 0 Å². The topological polar surface area (TPSA) is 29.3 Å². The molecule has 2 N–H and O–H groups in total. The zero-order valence-corrected chi connectivity index (χ0v) is 13.4. The molecule has 0 aliphatic carbocycles. The Kier molecular flexibility index (Phi) is 5.25. The summed E-state index contributed by atoms with van der Waals surface area (Å²) in [5.41, 5.74) is 6.71. The summed E-state index contributed by atoms with van der Waals surface area (Å²) < 4.78 is 0. The number of piperidine rings is 1. The first-order valence-corrected chi connectivity index (χ1v) is 7.72. The Morgan fingerprint density at radius 2 is 1.67 bits per heavy atom. The maximum absolute atomic E-state index is 6.23. The van der Waals surface area contributed by atoms with Gasteiger partial charge in [-0.25, -0.2) is 0 Å². The molecular formula is C16H34N2.